The summed E-state index contributed by atoms with van der Waals surface area (Å²) in [5.74, 6) is -0.597. The summed E-state index contributed by atoms with van der Waals surface area (Å²) in [4.78, 5) is 46.3. The number of carbonyl (C=O) groups excluding carboxylic acids is 2. The molecule has 2 aromatic heterocycles. The molecule has 3 heterocycles. The molecular formula is C26H23N5O4. The Labute approximate surface area is 200 Å². The Hall–Kier alpha value is -4.66. The number of rotatable bonds is 4. The number of nitrogens with two attached hydrogens (primary N) is 1. The lowest BCUT2D eigenvalue weighted by atomic mass is 10.00. The van der Waals surface area contributed by atoms with Crippen molar-refractivity contribution in [2.45, 2.75) is 0 Å². The van der Waals surface area contributed by atoms with E-state index in [1.165, 1.54) is 4.90 Å². The molecule has 5 rings (SSSR count). The number of carbonyl (C=O) groups is 3. The SMILES string of the molecule is NC(=O)c1ccc(-c2c[nH]c3ncc(-c4cccc(C(=O)N5CCN(C(=O)O)CC5)c4)cc23)cc1. The number of aromatic amines is 1. The van der Waals surface area contributed by atoms with Crippen molar-refractivity contribution in [2.75, 3.05) is 26.2 Å². The molecule has 0 bridgehead atoms. The van der Waals surface area contributed by atoms with Gasteiger partial charge in [-0.15, -0.1) is 0 Å². The van der Waals surface area contributed by atoms with Gasteiger partial charge in [0.2, 0.25) is 5.91 Å². The van der Waals surface area contributed by atoms with Gasteiger partial charge in [0.05, 0.1) is 0 Å². The van der Waals surface area contributed by atoms with Crippen molar-refractivity contribution >= 4 is 28.9 Å². The van der Waals surface area contributed by atoms with Crippen LogP contribution in [0.2, 0.25) is 0 Å². The molecule has 4 N–H and O–H groups in total. The summed E-state index contributed by atoms with van der Waals surface area (Å²) in [5, 5.41) is 10.0. The van der Waals surface area contributed by atoms with Gasteiger partial charge in [0.1, 0.15) is 5.65 Å². The number of nitrogens with one attached hydrogen (secondary N) is 1. The first kappa shape index (κ1) is 22.1. The molecule has 0 saturated carbocycles. The highest BCUT2D eigenvalue weighted by atomic mass is 16.4. The molecule has 9 nitrogen and oxygen atoms in total. The largest absolute Gasteiger partial charge is 0.465 e. The number of fused-ring (bicyclic) bond motifs is 1. The molecule has 1 aliphatic heterocycles. The van der Waals surface area contributed by atoms with Crippen LogP contribution in [0, 0.1) is 0 Å². The van der Waals surface area contributed by atoms with Crippen LogP contribution in [-0.2, 0) is 0 Å². The van der Waals surface area contributed by atoms with Gasteiger partial charge in [-0.3, -0.25) is 9.59 Å². The maximum absolute atomic E-state index is 13.1. The van der Waals surface area contributed by atoms with E-state index in [2.05, 4.69) is 9.97 Å². The summed E-state index contributed by atoms with van der Waals surface area (Å²) in [6, 6.07) is 16.5. The van der Waals surface area contributed by atoms with Gasteiger partial charge in [-0.25, -0.2) is 9.78 Å². The lowest BCUT2D eigenvalue weighted by Crippen LogP contribution is -2.50. The van der Waals surface area contributed by atoms with E-state index in [-0.39, 0.29) is 5.91 Å². The Morgan fingerprint density at radius 1 is 0.857 bits per heavy atom. The molecular weight excluding hydrogens is 446 g/mol. The molecule has 2 aromatic carbocycles. The number of nitrogens with zero attached hydrogens (tertiary/aromatic N) is 3. The number of piperazine rings is 1. The Kier molecular flexibility index (Phi) is 5.66. The van der Waals surface area contributed by atoms with Crippen LogP contribution in [0.5, 0.6) is 0 Å². The monoisotopic (exact) mass is 469 g/mol. The van der Waals surface area contributed by atoms with Crippen LogP contribution in [-0.4, -0.2) is 69.0 Å². The minimum atomic E-state index is -0.963. The van der Waals surface area contributed by atoms with Gasteiger partial charge in [-0.2, -0.15) is 0 Å². The normalized spacial score (nSPS) is 13.7. The average molecular weight is 470 g/mol. The second kappa shape index (κ2) is 8.94. The van der Waals surface area contributed by atoms with E-state index in [1.54, 1.807) is 29.3 Å². The fourth-order valence-electron chi connectivity index (χ4n) is 4.33. The van der Waals surface area contributed by atoms with Crippen LogP contribution in [0.25, 0.3) is 33.3 Å². The highest BCUT2D eigenvalue weighted by Crippen LogP contribution is 2.31. The number of primary amides is 1. The van der Waals surface area contributed by atoms with Crippen molar-refractivity contribution < 1.29 is 19.5 Å². The zero-order valence-electron chi connectivity index (χ0n) is 18.8. The van der Waals surface area contributed by atoms with Gasteiger partial charge in [-0.1, -0.05) is 24.3 Å². The molecule has 0 spiro atoms. The molecule has 4 aromatic rings. The number of hydrogen-bond acceptors (Lipinski definition) is 4. The third-order valence-corrected chi connectivity index (χ3v) is 6.29. The maximum atomic E-state index is 13.1. The van der Waals surface area contributed by atoms with Gasteiger partial charge >= 0.3 is 6.09 Å². The number of amides is 3. The van der Waals surface area contributed by atoms with Gasteiger partial charge < -0.3 is 25.6 Å². The van der Waals surface area contributed by atoms with E-state index in [0.717, 1.165) is 33.3 Å². The number of carboxylic acid groups (broad SMARTS) is 1. The van der Waals surface area contributed by atoms with Crippen LogP contribution in [0.1, 0.15) is 20.7 Å². The summed E-state index contributed by atoms with van der Waals surface area (Å²) in [5.41, 5.74) is 10.6. The lowest BCUT2D eigenvalue weighted by Gasteiger charge is -2.33. The molecule has 0 aliphatic carbocycles. The van der Waals surface area contributed by atoms with Crippen molar-refractivity contribution in [1.82, 2.24) is 19.8 Å². The van der Waals surface area contributed by atoms with Crippen LogP contribution in [0.4, 0.5) is 4.79 Å². The van der Waals surface area contributed by atoms with Crippen molar-refractivity contribution in [3.8, 4) is 22.3 Å². The van der Waals surface area contributed by atoms with Crippen LogP contribution >= 0.6 is 0 Å². The summed E-state index contributed by atoms with van der Waals surface area (Å²) in [7, 11) is 0. The van der Waals surface area contributed by atoms with Crippen molar-refractivity contribution in [3.05, 3.63) is 78.1 Å². The van der Waals surface area contributed by atoms with Crippen molar-refractivity contribution in [3.63, 3.8) is 0 Å². The van der Waals surface area contributed by atoms with E-state index in [0.29, 0.717) is 37.3 Å². The minimum absolute atomic E-state index is 0.122. The Morgan fingerprint density at radius 2 is 1.57 bits per heavy atom. The highest BCUT2D eigenvalue weighted by molar-refractivity contribution is 5.99. The van der Waals surface area contributed by atoms with Gasteiger partial charge in [0.25, 0.3) is 5.91 Å². The second-order valence-electron chi connectivity index (χ2n) is 8.41. The summed E-state index contributed by atoms with van der Waals surface area (Å²) in [6.07, 6.45) is 2.67. The Morgan fingerprint density at radius 3 is 2.26 bits per heavy atom. The first-order chi connectivity index (χ1) is 16.9. The van der Waals surface area contributed by atoms with E-state index in [4.69, 9.17) is 10.8 Å². The van der Waals surface area contributed by atoms with Crippen molar-refractivity contribution in [2.24, 2.45) is 5.73 Å². The standard InChI is InChI=1S/C26H23N5O4/c27-23(32)17-6-4-16(5-7-17)22-15-29-24-21(22)13-20(14-28-24)18-2-1-3-19(12-18)25(33)30-8-10-31(11-9-30)26(34)35/h1-7,12-15H,8-11H2,(H2,27,32)(H,28,29)(H,34,35). The zero-order valence-corrected chi connectivity index (χ0v) is 18.8. The highest BCUT2D eigenvalue weighted by Gasteiger charge is 2.24. The molecule has 3 amide bonds. The Bertz CT molecular complexity index is 1440. The topological polar surface area (TPSA) is 133 Å². The van der Waals surface area contributed by atoms with Gasteiger partial charge in [0.15, 0.2) is 0 Å². The van der Waals surface area contributed by atoms with Crippen LogP contribution in [0.3, 0.4) is 0 Å². The number of H-pyrrole nitrogens is 1. The third-order valence-electron chi connectivity index (χ3n) is 6.29. The predicted molar refractivity (Wildman–Crippen MR) is 131 cm³/mol. The molecule has 0 unspecified atom stereocenters. The molecule has 1 aliphatic rings. The van der Waals surface area contributed by atoms with Gasteiger partial charge in [-0.05, 0) is 41.5 Å². The van der Waals surface area contributed by atoms with E-state index in [9.17, 15) is 14.4 Å². The van der Waals surface area contributed by atoms with E-state index >= 15 is 0 Å². The molecule has 35 heavy (non-hydrogen) atoms. The van der Waals surface area contributed by atoms with Crippen molar-refractivity contribution in [1.29, 1.82) is 0 Å². The van der Waals surface area contributed by atoms with E-state index < -0.39 is 12.0 Å². The average Bonchev–Trinajstić information content (AvgIpc) is 3.32. The Balaban J connectivity index is 1.42. The smallest absolute Gasteiger partial charge is 0.407 e. The van der Waals surface area contributed by atoms with Gasteiger partial charge in [0, 0.05) is 66.2 Å². The molecule has 0 atom stereocenters. The number of pyridine rings is 1. The quantitative estimate of drug-likeness (QED) is 0.421. The molecule has 1 saturated heterocycles. The predicted octanol–water partition coefficient (Wildman–Crippen LogP) is 3.43. The fourth-order valence-corrected chi connectivity index (χ4v) is 4.33. The number of benzene rings is 2. The second-order valence-corrected chi connectivity index (χ2v) is 8.41. The summed E-state index contributed by atoms with van der Waals surface area (Å²) >= 11 is 0. The number of aromatic nitrogens is 2. The van der Waals surface area contributed by atoms with E-state index in [1.807, 2.05) is 42.6 Å². The zero-order chi connectivity index (χ0) is 24.5. The third kappa shape index (κ3) is 4.31. The molecule has 0 radical (unpaired) electrons. The number of hydrogen-bond donors (Lipinski definition) is 3. The fraction of sp³-hybridized carbons (Fsp3) is 0.154. The summed E-state index contributed by atoms with van der Waals surface area (Å²) in [6.45, 7) is 1.34. The summed E-state index contributed by atoms with van der Waals surface area (Å²) < 4.78 is 0. The molecule has 9 heteroatoms. The molecule has 176 valence electrons. The molecule has 1 fully saturated rings. The first-order valence-corrected chi connectivity index (χ1v) is 11.2. The lowest BCUT2D eigenvalue weighted by molar-refractivity contribution is 0.0625. The van der Waals surface area contributed by atoms with Crippen LogP contribution in [0.15, 0.2) is 67.0 Å². The maximum Gasteiger partial charge on any atom is 0.407 e. The minimum Gasteiger partial charge on any atom is -0.465 e. The van der Waals surface area contributed by atoms with Crippen LogP contribution < -0.4 is 5.73 Å². The first-order valence-electron chi connectivity index (χ1n) is 11.2.